The number of hydrogen-bond donors (Lipinski definition) is 2. The molecule has 3 rings (SSSR count). The van der Waals surface area contributed by atoms with Crippen molar-refractivity contribution in [1.82, 2.24) is 10.3 Å². The minimum atomic E-state index is -0.722. The van der Waals surface area contributed by atoms with Gasteiger partial charge in [0.15, 0.2) is 0 Å². The molecule has 2 atom stereocenters. The molecule has 0 aliphatic carbocycles. The highest BCUT2D eigenvalue weighted by atomic mass is 16.5. The number of ether oxygens (including phenoxy) is 1. The van der Waals surface area contributed by atoms with Gasteiger partial charge in [-0.05, 0) is 38.2 Å². The molecule has 0 spiro atoms. The van der Waals surface area contributed by atoms with Crippen LogP contribution in [0.1, 0.15) is 36.8 Å². The Morgan fingerprint density at radius 3 is 2.61 bits per heavy atom. The summed E-state index contributed by atoms with van der Waals surface area (Å²) in [4.78, 5) is 4.25. The molecule has 1 aromatic heterocycles. The Hall–Kier alpha value is -1.13. The lowest BCUT2D eigenvalue weighted by Gasteiger charge is -2.38. The molecule has 0 amide bonds. The fraction of sp³-hybridized carbons (Fsp3) is 0.643. The fourth-order valence-corrected chi connectivity index (χ4v) is 3.47. The third-order valence-corrected chi connectivity index (χ3v) is 4.30. The van der Waals surface area contributed by atoms with Crippen LogP contribution in [0.15, 0.2) is 12.3 Å². The topological polar surface area (TPSA) is 54.4 Å². The average molecular weight is 248 g/mol. The highest BCUT2D eigenvalue weighted by molar-refractivity contribution is 5.34. The molecule has 1 aromatic rings. The van der Waals surface area contributed by atoms with Gasteiger partial charge in [0.2, 0.25) is 5.88 Å². The molecule has 2 aliphatic heterocycles. The van der Waals surface area contributed by atoms with Crippen molar-refractivity contribution >= 4 is 0 Å². The fourth-order valence-electron chi connectivity index (χ4n) is 3.47. The van der Waals surface area contributed by atoms with Crippen LogP contribution in [0, 0.1) is 6.92 Å². The maximum atomic E-state index is 10.9. The van der Waals surface area contributed by atoms with Crippen LogP contribution in [-0.2, 0) is 5.60 Å². The van der Waals surface area contributed by atoms with Crippen LogP contribution in [-0.4, -0.2) is 29.3 Å². The second-order valence-corrected chi connectivity index (χ2v) is 5.62. The SMILES string of the molecule is COc1cc(C)c(C2(O)CC3CCC(C2)N3)cn1. The van der Waals surface area contributed by atoms with Gasteiger partial charge in [-0.3, -0.25) is 0 Å². The summed E-state index contributed by atoms with van der Waals surface area (Å²) in [5, 5.41) is 14.5. The Bertz CT molecular complexity index is 449. The van der Waals surface area contributed by atoms with E-state index in [2.05, 4.69) is 10.3 Å². The van der Waals surface area contributed by atoms with Gasteiger partial charge in [0.25, 0.3) is 0 Å². The number of fused-ring (bicyclic) bond motifs is 2. The van der Waals surface area contributed by atoms with Crippen LogP contribution in [0.3, 0.4) is 0 Å². The number of methoxy groups -OCH3 is 1. The summed E-state index contributed by atoms with van der Waals surface area (Å²) < 4.78 is 5.12. The Balaban J connectivity index is 1.94. The zero-order valence-corrected chi connectivity index (χ0v) is 10.9. The first kappa shape index (κ1) is 11.9. The monoisotopic (exact) mass is 248 g/mol. The number of pyridine rings is 1. The van der Waals surface area contributed by atoms with Gasteiger partial charge < -0.3 is 15.2 Å². The lowest BCUT2D eigenvalue weighted by atomic mass is 9.80. The predicted octanol–water partition coefficient (Wildman–Crippen LogP) is 1.50. The van der Waals surface area contributed by atoms with Crippen LogP contribution < -0.4 is 10.1 Å². The van der Waals surface area contributed by atoms with Crippen molar-refractivity contribution in [2.45, 2.75) is 50.3 Å². The van der Waals surface area contributed by atoms with E-state index >= 15 is 0 Å². The number of aryl methyl sites for hydroxylation is 1. The van der Waals surface area contributed by atoms with Gasteiger partial charge in [-0.15, -0.1) is 0 Å². The van der Waals surface area contributed by atoms with Gasteiger partial charge >= 0.3 is 0 Å². The summed E-state index contributed by atoms with van der Waals surface area (Å²) in [6.07, 6.45) is 5.71. The van der Waals surface area contributed by atoms with Crippen LogP contribution in [0.2, 0.25) is 0 Å². The Morgan fingerprint density at radius 1 is 1.39 bits per heavy atom. The van der Waals surface area contributed by atoms with Gasteiger partial charge in [-0.1, -0.05) is 0 Å². The molecule has 2 fully saturated rings. The smallest absolute Gasteiger partial charge is 0.213 e. The third-order valence-electron chi connectivity index (χ3n) is 4.30. The van der Waals surface area contributed by atoms with Gasteiger partial charge in [0.1, 0.15) is 0 Å². The van der Waals surface area contributed by atoms with E-state index in [9.17, 15) is 5.11 Å². The van der Waals surface area contributed by atoms with Gasteiger partial charge in [0.05, 0.1) is 12.7 Å². The number of nitrogens with one attached hydrogen (secondary N) is 1. The molecule has 2 unspecified atom stereocenters. The zero-order chi connectivity index (χ0) is 12.8. The maximum absolute atomic E-state index is 10.9. The van der Waals surface area contributed by atoms with Gasteiger partial charge in [-0.2, -0.15) is 0 Å². The molecule has 4 heteroatoms. The van der Waals surface area contributed by atoms with Crippen LogP contribution in [0.5, 0.6) is 5.88 Å². The molecule has 0 aromatic carbocycles. The van der Waals surface area contributed by atoms with Crippen molar-refractivity contribution in [2.24, 2.45) is 0 Å². The quantitative estimate of drug-likeness (QED) is 0.833. The number of piperidine rings is 1. The summed E-state index contributed by atoms with van der Waals surface area (Å²) >= 11 is 0. The highest BCUT2D eigenvalue weighted by Gasteiger charge is 2.44. The number of aliphatic hydroxyl groups is 1. The molecule has 3 heterocycles. The van der Waals surface area contributed by atoms with Crippen LogP contribution >= 0.6 is 0 Å². The molecule has 2 aliphatic rings. The van der Waals surface area contributed by atoms with E-state index in [1.54, 1.807) is 13.3 Å². The number of rotatable bonds is 2. The molecule has 2 saturated heterocycles. The second-order valence-electron chi connectivity index (χ2n) is 5.62. The first-order valence-electron chi connectivity index (χ1n) is 6.60. The Labute approximate surface area is 107 Å². The zero-order valence-electron chi connectivity index (χ0n) is 10.9. The van der Waals surface area contributed by atoms with Gasteiger partial charge in [-0.25, -0.2) is 4.98 Å². The number of hydrogen-bond acceptors (Lipinski definition) is 4. The summed E-state index contributed by atoms with van der Waals surface area (Å²) in [6.45, 7) is 2.02. The van der Waals surface area contributed by atoms with E-state index in [1.807, 2.05) is 13.0 Å². The molecular weight excluding hydrogens is 228 g/mol. The van der Waals surface area contributed by atoms with E-state index < -0.39 is 5.60 Å². The van der Waals surface area contributed by atoms with E-state index in [0.717, 1.165) is 24.0 Å². The van der Waals surface area contributed by atoms with E-state index in [4.69, 9.17) is 4.74 Å². The number of nitrogens with zero attached hydrogens (tertiary/aromatic N) is 1. The Kier molecular flexibility index (Phi) is 2.79. The van der Waals surface area contributed by atoms with Crippen molar-refractivity contribution in [3.63, 3.8) is 0 Å². The molecule has 0 radical (unpaired) electrons. The van der Waals surface area contributed by atoms with E-state index in [0.29, 0.717) is 18.0 Å². The Morgan fingerprint density at radius 2 is 2.06 bits per heavy atom. The molecule has 2 bridgehead atoms. The van der Waals surface area contributed by atoms with Crippen LogP contribution in [0.25, 0.3) is 0 Å². The summed E-state index contributed by atoms with van der Waals surface area (Å²) in [7, 11) is 1.61. The van der Waals surface area contributed by atoms with Crippen molar-refractivity contribution in [2.75, 3.05) is 7.11 Å². The lowest BCUT2D eigenvalue weighted by molar-refractivity contribution is -0.0123. The first-order chi connectivity index (χ1) is 8.60. The summed E-state index contributed by atoms with van der Waals surface area (Å²) in [5.74, 6) is 0.608. The predicted molar refractivity (Wildman–Crippen MR) is 68.6 cm³/mol. The molecule has 2 N–H and O–H groups in total. The minimum Gasteiger partial charge on any atom is -0.481 e. The van der Waals surface area contributed by atoms with Crippen molar-refractivity contribution in [3.05, 3.63) is 23.4 Å². The van der Waals surface area contributed by atoms with Crippen molar-refractivity contribution in [1.29, 1.82) is 0 Å². The van der Waals surface area contributed by atoms with Crippen LogP contribution in [0.4, 0.5) is 0 Å². The molecule has 4 nitrogen and oxygen atoms in total. The summed E-state index contributed by atoms with van der Waals surface area (Å²) in [6, 6.07) is 2.81. The lowest BCUT2D eigenvalue weighted by Crippen LogP contribution is -2.47. The number of aromatic nitrogens is 1. The molecule has 18 heavy (non-hydrogen) atoms. The van der Waals surface area contributed by atoms with E-state index in [-0.39, 0.29) is 0 Å². The normalized spacial score (nSPS) is 34.6. The van der Waals surface area contributed by atoms with Gasteiger partial charge in [0, 0.05) is 29.9 Å². The molecule has 98 valence electrons. The first-order valence-corrected chi connectivity index (χ1v) is 6.60. The maximum Gasteiger partial charge on any atom is 0.213 e. The summed E-state index contributed by atoms with van der Waals surface area (Å²) in [5.41, 5.74) is 1.30. The minimum absolute atomic E-state index is 0.454. The standard InChI is InChI=1S/C14H20N2O2/c1-9-5-13(18-2)15-8-12(9)14(17)6-10-3-4-11(7-14)16-10/h5,8,10-11,16-17H,3-4,6-7H2,1-2H3. The average Bonchev–Trinajstić information content (AvgIpc) is 2.68. The molecule has 0 saturated carbocycles. The van der Waals surface area contributed by atoms with E-state index in [1.165, 1.54) is 12.8 Å². The van der Waals surface area contributed by atoms with Crippen molar-refractivity contribution in [3.8, 4) is 5.88 Å². The second kappa shape index (κ2) is 4.21. The van der Waals surface area contributed by atoms with Crippen molar-refractivity contribution < 1.29 is 9.84 Å². The highest BCUT2D eigenvalue weighted by Crippen LogP contribution is 2.41. The molecular formula is C14H20N2O2. The largest absolute Gasteiger partial charge is 0.481 e. The third kappa shape index (κ3) is 1.89.